The zero-order valence-electron chi connectivity index (χ0n) is 13.5. The van der Waals surface area contributed by atoms with E-state index in [1.807, 2.05) is 27.3 Å². The lowest BCUT2D eigenvalue weighted by Gasteiger charge is -2.34. The van der Waals surface area contributed by atoms with Crippen molar-refractivity contribution in [2.45, 2.75) is 6.92 Å². The maximum absolute atomic E-state index is 13.3. The van der Waals surface area contributed by atoms with Crippen LogP contribution >= 0.6 is 11.3 Å². The second-order valence-corrected chi connectivity index (χ2v) is 6.88. The third-order valence-corrected chi connectivity index (χ3v) is 5.10. The highest BCUT2D eigenvalue weighted by Gasteiger charge is 2.24. The summed E-state index contributed by atoms with van der Waals surface area (Å²) in [6.45, 7) is 4.53. The van der Waals surface area contributed by atoms with Crippen molar-refractivity contribution in [2.24, 2.45) is 0 Å². The fourth-order valence-electron chi connectivity index (χ4n) is 2.78. The average molecular weight is 346 g/mol. The smallest absolute Gasteiger partial charge is 0.264 e. The number of hydrogen-bond acceptors (Lipinski definition) is 4. The molecule has 2 aromatic rings. The molecule has 4 nitrogen and oxygen atoms in total. The normalized spacial score (nSPS) is 15.5. The lowest BCUT2D eigenvalue weighted by atomic mass is 10.1. The van der Waals surface area contributed by atoms with E-state index in [1.165, 1.54) is 23.5 Å². The van der Waals surface area contributed by atoms with Crippen LogP contribution in [-0.2, 0) is 0 Å². The Hall–Kier alpha value is -2.05. The molecule has 126 valence electrons. The van der Waals surface area contributed by atoms with Crippen molar-refractivity contribution >= 4 is 23.0 Å². The molecule has 1 fully saturated rings. The van der Waals surface area contributed by atoms with Crippen LogP contribution in [0.25, 0.3) is 0 Å². The predicted molar refractivity (Wildman–Crippen MR) is 92.1 cm³/mol. The molecular weight excluding hydrogens is 327 g/mol. The van der Waals surface area contributed by atoms with E-state index in [0.717, 1.165) is 4.88 Å². The highest BCUT2D eigenvalue weighted by atomic mass is 32.1. The summed E-state index contributed by atoms with van der Waals surface area (Å²) in [7, 11) is 0. The number of Topliss-reactive ketones (excluding diaryl/α,β-unsaturated/α-hetero) is 1. The number of thiophene rings is 1. The van der Waals surface area contributed by atoms with E-state index in [-0.39, 0.29) is 17.5 Å². The van der Waals surface area contributed by atoms with Crippen LogP contribution in [-0.4, -0.2) is 54.2 Å². The van der Waals surface area contributed by atoms with Gasteiger partial charge < -0.3 is 4.90 Å². The number of rotatable bonds is 4. The molecule has 24 heavy (non-hydrogen) atoms. The van der Waals surface area contributed by atoms with Crippen molar-refractivity contribution in [1.29, 1.82) is 0 Å². The van der Waals surface area contributed by atoms with Gasteiger partial charge in [-0.2, -0.15) is 0 Å². The molecule has 2 heterocycles. The Balaban J connectivity index is 1.54. The van der Waals surface area contributed by atoms with Crippen LogP contribution in [0.2, 0.25) is 0 Å². The number of nitrogens with zero attached hydrogens (tertiary/aromatic N) is 2. The fourth-order valence-corrected chi connectivity index (χ4v) is 3.47. The summed E-state index contributed by atoms with van der Waals surface area (Å²) in [6, 6.07) is 8.16. The maximum Gasteiger partial charge on any atom is 0.264 e. The molecule has 0 radical (unpaired) electrons. The van der Waals surface area contributed by atoms with Gasteiger partial charge in [0, 0.05) is 31.7 Å². The molecule has 0 N–H and O–H groups in total. The van der Waals surface area contributed by atoms with Crippen LogP contribution < -0.4 is 0 Å². The third-order valence-electron chi connectivity index (χ3n) is 4.24. The number of amides is 1. The van der Waals surface area contributed by atoms with Crippen LogP contribution in [0.1, 0.15) is 25.6 Å². The first-order valence-corrected chi connectivity index (χ1v) is 8.77. The molecule has 0 aliphatic carbocycles. The Labute approximate surface area is 144 Å². The Morgan fingerprint density at radius 3 is 2.54 bits per heavy atom. The van der Waals surface area contributed by atoms with Gasteiger partial charge in [-0.3, -0.25) is 14.5 Å². The molecule has 0 saturated carbocycles. The second kappa shape index (κ2) is 7.23. The summed E-state index contributed by atoms with van der Waals surface area (Å²) in [4.78, 5) is 29.3. The molecule has 1 aromatic carbocycles. The Bertz CT molecular complexity index is 737. The number of carbonyl (C=O) groups excluding carboxylic acids is 2. The second-order valence-electron chi connectivity index (χ2n) is 5.93. The van der Waals surface area contributed by atoms with Crippen LogP contribution in [0.3, 0.4) is 0 Å². The maximum atomic E-state index is 13.3. The van der Waals surface area contributed by atoms with Crippen molar-refractivity contribution in [3.63, 3.8) is 0 Å². The fraction of sp³-hybridized carbons (Fsp3) is 0.333. The van der Waals surface area contributed by atoms with E-state index >= 15 is 0 Å². The zero-order chi connectivity index (χ0) is 17.1. The van der Waals surface area contributed by atoms with E-state index < -0.39 is 0 Å². The topological polar surface area (TPSA) is 40.6 Å². The van der Waals surface area contributed by atoms with Crippen LogP contribution in [0, 0.1) is 12.7 Å². The molecule has 1 saturated heterocycles. The molecule has 6 heteroatoms. The molecule has 0 spiro atoms. The lowest BCUT2D eigenvalue weighted by Crippen LogP contribution is -2.49. The summed E-state index contributed by atoms with van der Waals surface area (Å²) in [5.74, 6) is -0.256. The van der Waals surface area contributed by atoms with Gasteiger partial charge in [-0.25, -0.2) is 4.39 Å². The van der Waals surface area contributed by atoms with Crippen molar-refractivity contribution < 1.29 is 14.0 Å². The van der Waals surface area contributed by atoms with Crippen LogP contribution in [0.15, 0.2) is 35.7 Å². The van der Waals surface area contributed by atoms with Crippen LogP contribution in [0.5, 0.6) is 0 Å². The van der Waals surface area contributed by atoms with Gasteiger partial charge >= 0.3 is 0 Å². The van der Waals surface area contributed by atoms with E-state index in [4.69, 9.17) is 0 Å². The molecule has 0 bridgehead atoms. The number of benzene rings is 1. The van der Waals surface area contributed by atoms with Crippen molar-refractivity contribution in [3.8, 4) is 0 Å². The van der Waals surface area contributed by atoms with Gasteiger partial charge in [-0.15, -0.1) is 11.3 Å². The average Bonchev–Trinajstić information content (AvgIpc) is 3.12. The van der Waals surface area contributed by atoms with Crippen LogP contribution in [0.4, 0.5) is 4.39 Å². The Morgan fingerprint density at radius 2 is 1.92 bits per heavy atom. The summed E-state index contributed by atoms with van der Waals surface area (Å²) >= 11 is 1.45. The van der Waals surface area contributed by atoms with Gasteiger partial charge in [0.25, 0.3) is 5.91 Å². The lowest BCUT2D eigenvalue weighted by molar-refractivity contribution is 0.0628. The summed E-state index contributed by atoms with van der Waals surface area (Å²) < 4.78 is 13.3. The molecule has 0 atom stereocenters. The summed E-state index contributed by atoms with van der Waals surface area (Å²) in [6.07, 6.45) is 0. The Kier molecular flexibility index (Phi) is 5.06. The van der Waals surface area contributed by atoms with E-state index in [0.29, 0.717) is 43.9 Å². The minimum Gasteiger partial charge on any atom is -0.335 e. The van der Waals surface area contributed by atoms with Gasteiger partial charge in [-0.05, 0) is 42.1 Å². The van der Waals surface area contributed by atoms with Gasteiger partial charge in [0.1, 0.15) is 5.82 Å². The first-order valence-electron chi connectivity index (χ1n) is 7.89. The summed E-state index contributed by atoms with van der Waals surface area (Å²) in [5.41, 5.74) is 1.01. The SMILES string of the molecule is Cc1cc(C(=O)CN2CCN(C(=O)c3cccs3)CC2)ccc1F. The highest BCUT2D eigenvalue weighted by Crippen LogP contribution is 2.15. The molecule has 1 aromatic heterocycles. The predicted octanol–water partition coefficient (Wildman–Crippen LogP) is 2.84. The standard InChI is InChI=1S/C18H19FN2O2S/c1-13-11-14(4-5-15(13)19)16(22)12-20-6-8-21(9-7-20)18(23)17-3-2-10-24-17/h2-5,10-11H,6-9,12H2,1H3. The minimum absolute atomic E-state index is 0.0175. The minimum atomic E-state index is -0.299. The molecule has 1 aliphatic rings. The molecule has 0 unspecified atom stereocenters. The number of hydrogen-bond donors (Lipinski definition) is 0. The quantitative estimate of drug-likeness (QED) is 0.800. The van der Waals surface area contributed by atoms with Gasteiger partial charge in [0.05, 0.1) is 11.4 Å². The number of aryl methyl sites for hydroxylation is 1. The van der Waals surface area contributed by atoms with Crippen molar-refractivity contribution in [2.75, 3.05) is 32.7 Å². The monoisotopic (exact) mass is 346 g/mol. The van der Waals surface area contributed by atoms with E-state index in [1.54, 1.807) is 13.0 Å². The van der Waals surface area contributed by atoms with E-state index in [9.17, 15) is 14.0 Å². The van der Waals surface area contributed by atoms with Gasteiger partial charge in [0.2, 0.25) is 0 Å². The first kappa shape index (κ1) is 16.8. The highest BCUT2D eigenvalue weighted by molar-refractivity contribution is 7.12. The molecule has 1 aliphatic heterocycles. The molecule has 3 rings (SSSR count). The third kappa shape index (κ3) is 3.71. The van der Waals surface area contributed by atoms with Gasteiger partial charge in [0.15, 0.2) is 5.78 Å². The largest absolute Gasteiger partial charge is 0.335 e. The van der Waals surface area contributed by atoms with Gasteiger partial charge in [-0.1, -0.05) is 6.07 Å². The number of ketones is 1. The molecular formula is C18H19FN2O2S. The molecule has 1 amide bonds. The number of carbonyl (C=O) groups is 2. The first-order chi connectivity index (χ1) is 11.5. The van der Waals surface area contributed by atoms with Crippen molar-refractivity contribution in [1.82, 2.24) is 9.80 Å². The Morgan fingerprint density at radius 1 is 1.17 bits per heavy atom. The zero-order valence-corrected chi connectivity index (χ0v) is 14.3. The van der Waals surface area contributed by atoms with E-state index in [2.05, 4.69) is 0 Å². The van der Waals surface area contributed by atoms with Crippen molar-refractivity contribution in [3.05, 3.63) is 57.5 Å². The number of halogens is 1. The number of piperazine rings is 1. The summed E-state index contributed by atoms with van der Waals surface area (Å²) in [5, 5.41) is 1.90.